The van der Waals surface area contributed by atoms with Crippen LogP contribution in [-0.4, -0.2) is 41.1 Å². The van der Waals surface area contributed by atoms with E-state index in [4.69, 9.17) is 16.3 Å². The van der Waals surface area contributed by atoms with Gasteiger partial charge < -0.3 is 20.1 Å². The van der Waals surface area contributed by atoms with Crippen molar-refractivity contribution >= 4 is 23.4 Å². The van der Waals surface area contributed by atoms with Crippen molar-refractivity contribution < 1.29 is 19.4 Å². The smallest absolute Gasteiger partial charge is 0.247 e. The average molecular weight is 507 g/mol. The minimum Gasteiger partial charge on any atom is -0.508 e. The summed E-state index contributed by atoms with van der Waals surface area (Å²) in [6.45, 7) is 1.45. The third-order valence-electron chi connectivity index (χ3n) is 6.46. The number of carbonyl (C=O) groups excluding carboxylic acids is 2. The summed E-state index contributed by atoms with van der Waals surface area (Å²) < 4.78 is 5.56. The van der Waals surface area contributed by atoms with Crippen LogP contribution < -0.4 is 5.32 Å². The molecular formula is C29H31ClN2O4. The fourth-order valence-electron chi connectivity index (χ4n) is 4.53. The maximum atomic E-state index is 13.8. The number of nitrogens with zero attached hydrogens (tertiary/aromatic N) is 1. The molecule has 1 fully saturated rings. The van der Waals surface area contributed by atoms with E-state index < -0.39 is 6.04 Å². The molecule has 0 bridgehead atoms. The molecule has 1 unspecified atom stereocenters. The van der Waals surface area contributed by atoms with Crippen LogP contribution in [-0.2, 0) is 27.3 Å². The largest absolute Gasteiger partial charge is 0.508 e. The van der Waals surface area contributed by atoms with Crippen molar-refractivity contribution in [2.45, 2.75) is 44.3 Å². The fourth-order valence-corrected chi connectivity index (χ4v) is 4.65. The minimum absolute atomic E-state index is 0.0783. The second-order valence-corrected chi connectivity index (χ2v) is 9.40. The van der Waals surface area contributed by atoms with Gasteiger partial charge in [-0.2, -0.15) is 0 Å². The summed E-state index contributed by atoms with van der Waals surface area (Å²) >= 11 is 5.99. The highest BCUT2D eigenvalue weighted by Crippen LogP contribution is 2.29. The van der Waals surface area contributed by atoms with E-state index in [1.54, 1.807) is 29.2 Å². The topological polar surface area (TPSA) is 78.9 Å². The van der Waals surface area contributed by atoms with Crippen molar-refractivity contribution in [2.24, 2.45) is 0 Å². The van der Waals surface area contributed by atoms with Gasteiger partial charge >= 0.3 is 0 Å². The van der Waals surface area contributed by atoms with E-state index in [0.29, 0.717) is 44.0 Å². The van der Waals surface area contributed by atoms with Crippen LogP contribution in [0, 0.1) is 0 Å². The summed E-state index contributed by atoms with van der Waals surface area (Å²) in [5.41, 5.74) is 2.66. The molecule has 1 aliphatic heterocycles. The van der Waals surface area contributed by atoms with E-state index in [0.717, 1.165) is 16.7 Å². The van der Waals surface area contributed by atoms with E-state index in [1.165, 1.54) is 0 Å². The summed E-state index contributed by atoms with van der Waals surface area (Å²) in [5, 5.41) is 13.2. The fraction of sp³-hybridized carbons (Fsp3) is 0.310. The van der Waals surface area contributed by atoms with Crippen molar-refractivity contribution in [3.05, 3.63) is 101 Å². The van der Waals surface area contributed by atoms with Gasteiger partial charge in [0.1, 0.15) is 11.8 Å². The van der Waals surface area contributed by atoms with Crippen molar-refractivity contribution in [2.75, 3.05) is 13.2 Å². The Kier molecular flexibility index (Phi) is 8.98. The number of hydrogen-bond donors (Lipinski definition) is 2. The summed E-state index contributed by atoms with van der Waals surface area (Å²) in [5.74, 6) is -0.110. The van der Waals surface area contributed by atoms with Crippen molar-refractivity contribution in [3.63, 3.8) is 0 Å². The van der Waals surface area contributed by atoms with E-state index in [2.05, 4.69) is 5.32 Å². The number of aromatic hydroxyl groups is 1. The highest BCUT2D eigenvalue weighted by molar-refractivity contribution is 6.30. The predicted molar refractivity (Wildman–Crippen MR) is 140 cm³/mol. The highest BCUT2D eigenvalue weighted by atomic mass is 35.5. The SMILES string of the molecule is O=C(NCc1ccc(Cl)cc1)C(c1ccccc1)N(C(=O)CCc1ccc(O)cc1)C1CCOCC1. The number of amides is 2. The lowest BCUT2D eigenvalue weighted by Crippen LogP contribution is -2.50. The molecule has 3 aromatic carbocycles. The number of phenols is 1. The van der Waals surface area contributed by atoms with Gasteiger partial charge in [0, 0.05) is 37.2 Å². The number of hydrogen-bond acceptors (Lipinski definition) is 4. The van der Waals surface area contributed by atoms with Crippen LogP contribution in [0.4, 0.5) is 0 Å². The van der Waals surface area contributed by atoms with E-state index >= 15 is 0 Å². The quantitative estimate of drug-likeness (QED) is 0.426. The number of benzene rings is 3. The van der Waals surface area contributed by atoms with Gasteiger partial charge in [0.25, 0.3) is 0 Å². The molecule has 1 heterocycles. The number of aryl methyl sites for hydroxylation is 1. The number of carbonyl (C=O) groups is 2. The number of halogens is 1. The first kappa shape index (κ1) is 25.7. The molecule has 188 valence electrons. The summed E-state index contributed by atoms with van der Waals surface area (Å²) in [7, 11) is 0. The van der Waals surface area contributed by atoms with Crippen LogP contribution in [0.2, 0.25) is 5.02 Å². The molecule has 1 saturated heterocycles. The Labute approximate surface area is 216 Å². The van der Waals surface area contributed by atoms with Gasteiger partial charge in [-0.05, 0) is 60.2 Å². The molecule has 2 N–H and O–H groups in total. The summed E-state index contributed by atoms with van der Waals surface area (Å²) in [4.78, 5) is 29.2. The minimum atomic E-state index is -0.756. The van der Waals surface area contributed by atoms with E-state index in [-0.39, 0.29) is 30.0 Å². The van der Waals surface area contributed by atoms with Crippen LogP contribution in [0.25, 0.3) is 0 Å². The van der Waals surface area contributed by atoms with Gasteiger partial charge in [-0.15, -0.1) is 0 Å². The predicted octanol–water partition coefficient (Wildman–Crippen LogP) is 5.04. The lowest BCUT2D eigenvalue weighted by atomic mass is 9.97. The molecule has 1 aliphatic rings. The van der Waals surface area contributed by atoms with Crippen LogP contribution in [0.3, 0.4) is 0 Å². The number of ether oxygens (including phenoxy) is 1. The summed E-state index contributed by atoms with van der Waals surface area (Å²) in [6.07, 6.45) is 2.14. The standard InChI is InChI=1S/C29H31ClN2O4/c30-24-11-6-22(7-12-24)20-31-29(35)28(23-4-2-1-3-5-23)32(25-16-18-36-19-17-25)27(34)15-10-21-8-13-26(33)14-9-21/h1-9,11-14,25,28,33H,10,15-20H2,(H,31,35). The first-order valence-corrected chi connectivity index (χ1v) is 12.6. The third-order valence-corrected chi connectivity index (χ3v) is 6.71. The van der Waals surface area contributed by atoms with Crippen molar-refractivity contribution in [1.82, 2.24) is 10.2 Å². The number of rotatable bonds is 9. The second kappa shape index (κ2) is 12.6. The molecule has 3 aromatic rings. The molecular weight excluding hydrogens is 476 g/mol. The molecule has 0 aromatic heterocycles. The zero-order valence-corrected chi connectivity index (χ0v) is 20.9. The second-order valence-electron chi connectivity index (χ2n) is 8.97. The Hall–Kier alpha value is -3.35. The van der Waals surface area contributed by atoms with Crippen molar-refractivity contribution in [3.8, 4) is 5.75 Å². The first-order valence-electron chi connectivity index (χ1n) is 12.2. The Morgan fingerprint density at radius 1 is 0.944 bits per heavy atom. The monoisotopic (exact) mass is 506 g/mol. The molecule has 2 amide bonds. The van der Waals surface area contributed by atoms with E-state index in [1.807, 2.05) is 54.6 Å². The maximum absolute atomic E-state index is 13.8. The van der Waals surface area contributed by atoms with Crippen LogP contribution in [0.15, 0.2) is 78.9 Å². The Balaban J connectivity index is 1.58. The molecule has 4 rings (SSSR count). The van der Waals surface area contributed by atoms with Gasteiger partial charge in [0.15, 0.2) is 0 Å². The van der Waals surface area contributed by atoms with Crippen LogP contribution in [0.5, 0.6) is 5.75 Å². The maximum Gasteiger partial charge on any atom is 0.247 e. The zero-order chi connectivity index (χ0) is 25.3. The average Bonchev–Trinajstić information content (AvgIpc) is 2.91. The molecule has 0 radical (unpaired) electrons. The summed E-state index contributed by atoms with van der Waals surface area (Å²) in [6, 6.07) is 22.8. The van der Waals surface area contributed by atoms with Gasteiger partial charge in [-0.25, -0.2) is 0 Å². The molecule has 0 saturated carbocycles. The van der Waals surface area contributed by atoms with Crippen molar-refractivity contribution in [1.29, 1.82) is 0 Å². The van der Waals surface area contributed by atoms with Gasteiger partial charge in [0.05, 0.1) is 0 Å². The zero-order valence-electron chi connectivity index (χ0n) is 20.1. The number of phenolic OH excluding ortho intramolecular Hbond substituents is 1. The van der Waals surface area contributed by atoms with Gasteiger partial charge in [-0.1, -0.05) is 66.2 Å². The highest BCUT2D eigenvalue weighted by Gasteiger charge is 2.36. The molecule has 7 heteroatoms. The molecule has 6 nitrogen and oxygen atoms in total. The van der Waals surface area contributed by atoms with Gasteiger partial charge in [-0.3, -0.25) is 9.59 Å². The lowest BCUT2D eigenvalue weighted by molar-refractivity contribution is -0.146. The molecule has 1 atom stereocenters. The Bertz CT molecular complexity index is 1130. The first-order chi connectivity index (χ1) is 17.5. The Morgan fingerprint density at radius 2 is 1.58 bits per heavy atom. The third kappa shape index (κ3) is 6.86. The Morgan fingerprint density at radius 3 is 2.25 bits per heavy atom. The molecule has 36 heavy (non-hydrogen) atoms. The molecule has 0 spiro atoms. The number of nitrogens with one attached hydrogen (secondary N) is 1. The molecule has 0 aliphatic carbocycles. The normalized spacial score (nSPS) is 14.7. The van der Waals surface area contributed by atoms with Gasteiger partial charge in [0.2, 0.25) is 11.8 Å². The van der Waals surface area contributed by atoms with E-state index in [9.17, 15) is 14.7 Å². The van der Waals surface area contributed by atoms with Crippen LogP contribution >= 0.6 is 11.6 Å². The lowest BCUT2D eigenvalue weighted by Gasteiger charge is -2.39. The van der Waals surface area contributed by atoms with Crippen LogP contribution in [0.1, 0.15) is 42.0 Å².